The van der Waals surface area contributed by atoms with Crippen LogP contribution in [0.1, 0.15) is 29.7 Å². The molecule has 0 saturated carbocycles. The standard InChI is InChI=1S/C16H20N8O/c1-12-19-13(2)23(20-12)10-6-9-17-16(25)15(24-11-18-21-22-24)14-7-4-3-5-8-14/h3-5,7-8,11,15H,6,9-10H2,1-2H3,(H,17,25)/t15-/m0/s1. The van der Waals surface area contributed by atoms with Gasteiger partial charge in [0.05, 0.1) is 0 Å². The fourth-order valence-electron chi connectivity index (χ4n) is 2.66. The lowest BCUT2D eigenvalue weighted by Gasteiger charge is -2.16. The van der Waals surface area contributed by atoms with Crippen LogP contribution in [-0.2, 0) is 11.3 Å². The van der Waals surface area contributed by atoms with Crippen LogP contribution in [0, 0.1) is 13.8 Å². The molecule has 9 heteroatoms. The van der Waals surface area contributed by atoms with Crippen molar-refractivity contribution in [2.24, 2.45) is 0 Å². The van der Waals surface area contributed by atoms with E-state index in [1.165, 1.54) is 11.0 Å². The third-order valence-electron chi connectivity index (χ3n) is 3.80. The third kappa shape index (κ3) is 4.06. The van der Waals surface area contributed by atoms with Crippen LogP contribution in [0.15, 0.2) is 36.7 Å². The molecule has 0 aliphatic carbocycles. The fraction of sp³-hybridized carbons (Fsp3) is 0.375. The molecule has 1 atom stereocenters. The molecule has 130 valence electrons. The average Bonchev–Trinajstić information content (AvgIpc) is 3.23. The summed E-state index contributed by atoms with van der Waals surface area (Å²) < 4.78 is 3.30. The summed E-state index contributed by atoms with van der Waals surface area (Å²) >= 11 is 0. The van der Waals surface area contributed by atoms with Gasteiger partial charge in [-0.05, 0) is 36.3 Å². The molecule has 2 aromatic heterocycles. The van der Waals surface area contributed by atoms with Crippen LogP contribution in [-0.4, -0.2) is 47.4 Å². The minimum Gasteiger partial charge on any atom is -0.354 e. The molecule has 0 spiro atoms. The monoisotopic (exact) mass is 340 g/mol. The van der Waals surface area contributed by atoms with E-state index in [1.54, 1.807) is 0 Å². The quantitative estimate of drug-likeness (QED) is 0.634. The van der Waals surface area contributed by atoms with Crippen LogP contribution in [0.25, 0.3) is 0 Å². The van der Waals surface area contributed by atoms with E-state index in [9.17, 15) is 4.79 Å². The molecule has 0 bridgehead atoms. The van der Waals surface area contributed by atoms with E-state index in [4.69, 9.17) is 0 Å². The zero-order valence-electron chi connectivity index (χ0n) is 14.2. The average molecular weight is 340 g/mol. The molecule has 3 aromatic rings. The molecular formula is C16H20N8O. The van der Waals surface area contributed by atoms with Crippen LogP contribution >= 0.6 is 0 Å². The van der Waals surface area contributed by atoms with Crippen molar-refractivity contribution in [3.05, 3.63) is 53.9 Å². The first-order valence-electron chi connectivity index (χ1n) is 8.08. The highest BCUT2D eigenvalue weighted by Crippen LogP contribution is 2.16. The number of benzene rings is 1. The van der Waals surface area contributed by atoms with E-state index < -0.39 is 6.04 Å². The number of aryl methyl sites for hydroxylation is 3. The summed E-state index contributed by atoms with van der Waals surface area (Å²) in [5.41, 5.74) is 0.829. The van der Waals surface area contributed by atoms with Gasteiger partial charge >= 0.3 is 0 Å². The molecular weight excluding hydrogens is 320 g/mol. The van der Waals surface area contributed by atoms with Crippen molar-refractivity contribution in [2.45, 2.75) is 32.9 Å². The summed E-state index contributed by atoms with van der Waals surface area (Å²) in [6.45, 7) is 5.01. The van der Waals surface area contributed by atoms with Crippen molar-refractivity contribution in [1.29, 1.82) is 0 Å². The van der Waals surface area contributed by atoms with Crippen LogP contribution in [0.4, 0.5) is 0 Å². The fourth-order valence-corrected chi connectivity index (χ4v) is 2.66. The van der Waals surface area contributed by atoms with Crippen molar-refractivity contribution in [3.63, 3.8) is 0 Å². The Bertz CT molecular complexity index is 812. The van der Waals surface area contributed by atoms with Gasteiger partial charge in [-0.15, -0.1) is 5.10 Å². The van der Waals surface area contributed by atoms with Crippen molar-refractivity contribution < 1.29 is 4.79 Å². The Kier molecular flexibility index (Phi) is 5.12. The van der Waals surface area contributed by atoms with Crippen molar-refractivity contribution in [1.82, 2.24) is 40.3 Å². The number of rotatable bonds is 7. The molecule has 1 N–H and O–H groups in total. The van der Waals surface area contributed by atoms with Gasteiger partial charge < -0.3 is 5.32 Å². The maximum Gasteiger partial charge on any atom is 0.249 e. The summed E-state index contributed by atoms with van der Waals surface area (Å²) in [5.74, 6) is 1.48. The summed E-state index contributed by atoms with van der Waals surface area (Å²) in [4.78, 5) is 16.9. The predicted molar refractivity (Wildman–Crippen MR) is 89.5 cm³/mol. The predicted octanol–water partition coefficient (Wildman–Crippen LogP) is 0.677. The SMILES string of the molecule is Cc1nc(C)n(CCCNC(=O)[C@H](c2ccccc2)n2cnnn2)n1. The number of aromatic nitrogens is 7. The summed E-state index contributed by atoms with van der Waals surface area (Å²) in [6, 6.07) is 8.85. The van der Waals surface area contributed by atoms with Gasteiger partial charge in [-0.3, -0.25) is 9.48 Å². The second-order valence-electron chi connectivity index (χ2n) is 5.68. The first-order valence-corrected chi connectivity index (χ1v) is 8.08. The Hall–Kier alpha value is -3.10. The van der Waals surface area contributed by atoms with E-state index in [-0.39, 0.29) is 5.91 Å². The number of amides is 1. The van der Waals surface area contributed by atoms with Gasteiger partial charge in [-0.1, -0.05) is 30.3 Å². The molecule has 25 heavy (non-hydrogen) atoms. The Morgan fingerprint density at radius 2 is 2.04 bits per heavy atom. The molecule has 3 rings (SSSR count). The van der Waals surface area contributed by atoms with Crippen molar-refractivity contribution >= 4 is 5.91 Å². The largest absolute Gasteiger partial charge is 0.354 e. The Labute approximate surface area is 145 Å². The van der Waals surface area contributed by atoms with E-state index in [0.717, 1.165) is 23.6 Å². The smallest absolute Gasteiger partial charge is 0.249 e. The second-order valence-corrected chi connectivity index (χ2v) is 5.68. The number of tetrazole rings is 1. The van der Waals surface area contributed by atoms with Gasteiger partial charge in [0, 0.05) is 13.1 Å². The van der Waals surface area contributed by atoms with Gasteiger partial charge in [0.15, 0.2) is 6.04 Å². The van der Waals surface area contributed by atoms with Gasteiger partial charge in [0.25, 0.3) is 0 Å². The first-order chi connectivity index (χ1) is 12.1. The molecule has 9 nitrogen and oxygen atoms in total. The van der Waals surface area contributed by atoms with Crippen molar-refractivity contribution in [2.75, 3.05) is 6.54 Å². The highest BCUT2D eigenvalue weighted by Gasteiger charge is 2.23. The van der Waals surface area contributed by atoms with Gasteiger partial charge in [-0.25, -0.2) is 9.67 Å². The molecule has 0 unspecified atom stereocenters. The minimum atomic E-state index is -0.591. The van der Waals surface area contributed by atoms with E-state index in [1.807, 2.05) is 48.9 Å². The van der Waals surface area contributed by atoms with Gasteiger partial charge in [0.1, 0.15) is 18.0 Å². The lowest BCUT2D eigenvalue weighted by molar-refractivity contribution is -0.123. The lowest BCUT2D eigenvalue weighted by Crippen LogP contribution is -2.34. The van der Waals surface area contributed by atoms with Crippen LogP contribution in [0.5, 0.6) is 0 Å². The Morgan fingerprint density at radius 3 is 2.68 bits per heavy atom. The second kappa shape index (κ2) is 7.65. The molecule has 0 saturated heterocycles. The molecule has 0 radical (unpaired) electrons. The summed E-state index contributed by atoms with van der Waals surface area (Å²) in [6.07, 6.45) is 2.20. The number of hydrogen-bond donors (Lipinski definition) is 1. The number of carbonyl (C=O) groups is 1. The highest BCUT2D eigenvalue weighted by molar-refractivity contribution is 5.83. The number of nitrogens with one attached hydrogen (secondary N) is 1. The highest BCUT2D eigenvalue weighted by atomic mass is 16.2. The molecule has 2 heterocycles. The first kappa shape index (κ1) is 16.7. The zero-order chi connectivity index (χ0) is 17.6. The molecule has 1 amide bonds. The maximum atomic E-state index is 12.7. The summed E-state index contributed by atoms with van der Waals surface area (Å²) in [5, 5.41) is 18.4. The van der Waals surface area contributed by atoms with Gasteiger partial charge in [-0.2, -0.15) is 5.10 Å². The maximum absolute atomic E-state index is 12.7. The number of hydrogen-bond acceptors (Lipinski definition) is 6. The molecule has 0 aliphatic rings. The van der Waals surface area contributed by atoms with E-state index in [0.29, 0.717) is 13.1 Å². The molecule has 1 aromatic carbocycles. The molecule has 0 fully saturated rings. The van der Waals surface area contributed by atoms with E-state index in [2.05, 4.69) is 30.9 Å². The van der Waals surface area contributed by atoms with E-state index >= 15 is 0 Å². The Balaban J connectivity index is 1.60. The van der Waals surface area contributed by atoms with Crippen LogP contribution < -0.4 is 5.32 Å². The lowest BCUT2D eigenvalue weighted by atomic mass is 10.1. The van der Waals surface area contributed by atoms with Gasteiger partial charge in [0.2, 0.25) is 5.91 Å². The normalized spacial score (nSPS) is 12.1. The third-order valence-corrected chi connectivity index (χ3v) is 3.80. The Morgan fingerprint density at radius 1 is 1.24 bits per heavy atom. The minimum absolute atomic E-state index is 0.148. The van der Waals surface area contributed by atoms with Crippen molar-refractivity contribution in [3.8, 4) is 0 Å². The van der Waals surface area contributed by atoms with Crippen LogP contribution in [0.3, 0.4) is 0 Å². The number of carbonyl (C=O) groups excluding carboxylic acids is 1. The van der Waals surface area contributed by atoms with Crippen LogP contribution in [0.2, 0.25) is 0 Å². The molecule has 0 aliphatic heterocycles. The number of nitrogens with zero attached hydrogens (tertiary/aromatic N) is 7. The summed E-state index contributed by atoms with van der Waals surface area (Å²) in [7, 11) is 0. The zero-order valence-corrected chi connectivity index (χ0v) is 14.2. The topological polar surface area (TPSA) is 103 Å².